The van der Waals surface area contributed by atoms with Crippen molar-refractivity contribution in [2.75, 3.05) is 11.4 Å². The van der Waals surface area contributed by atoms with Gasteiger partial charge in [-0.05, 0) is 23.8 Å². The Kier molecular flexibility index (Phi) is 5.65. The highest BCUT2D eigenvalue weighted by Gasteiger charge is 2.34. The monoisotopic (exact) mass is 387 g/mol. The highest BCUT2D eigenvalue weighted by molar-refractivity contribution is 9.10. The molecule has 0 fully saturated rings. The number of hydrogen-bond acceptors (Lipinski definition) is 2. The van der Waals surface area contributed by atoms with E-state index in [1.54, 1.807) is 42.5 Å². The molecule has 0 N–H and O–H groups in total. The summed E-state index contributed by atoms with van der Waals surface area (Å²) in [4.78, 5) is 12.7. The van der Waals surface area contributed by atoms with Crippen molar-refractivity contribution in [2.24, 2.45) is 0 Å². The summed E-state index contributed by atoms with van der Waals surface area (Å²) in [5.41, 5.74) is 0.803. The van der Waals surface area contributed by atoms with E-state index in [9.17, 15) is 18.0 Å². The molecule has 122 valence electrons. The minimum atomic E-state index is -4.53. The maximum Gasteiger partial charge on any atom is 0.414 e. The van der Waals surface area contributed by atoms with E-state index < -0.39 is 18.8 Å². The number of ether oxygens (including phenoxy) is 1. The first-order chi connectivity index (χ1) is 10.8. The Labute approximate surface area is 139 Å². The number of nitrogens with zero attached hydrogens (tertiary/aromatic N) is 1. The molecule has 1 amide bonds. The van der Waals surface area contributed by atoms with Crippen LogP contribution in [0.25, 0.3) is 0 Å². The standard InChI is InChI=1S/C16H13BrF3NO2/c17-13-7-4-8-14(9-13)21(11-16(18,19)20)15(22)23-10-12-5-2-1-3-6-12/h1-9H,10-11H2. The molecule has 3 nitrogen and oxygen atoms in total. The zero-order valence-electron chi connectivity index (χ0n) is 11.9. The van der Waals surface area contributed by atoms with E-state index in [-0.39, 0.29) is 12.3 Å². The Hall–Kier alpha value is -2.02. The van der Waals surface area contributed by atoms with Gasteiger partial charge in [0.15, 0.2) is 0 Å². The van der Waals surface area contributed by atoms with Crippen molar-refractivity contribution < 1.29 is 22.7 Å². The minimum absolute atomic E-state index is 0.0952. The van der Waals surface area contributed by atoms with E-state index in [1.807, 2.05) is 0 Å². The summed E-state index contributed by atoms with van der Waals surface area (Å²) in [6.45, 7) is -1.51. The van der Waals surface area contributed by atoms with Gasteiger partial charge in [0.1, 0.15) is 13.2 Å². The van der Waals surface area contributed by atoms with E-state index in [0.29, 0.717) is 14.9 Å². The first kappa shape index (κ1) is 17.3. The molecule has 0 atom stereocenters. The summed E-state index contributed by atoms with van der Waals surface area (Å²) >= 11 is 3.17. The van der Waals surface area contributed by atoms with Crippen molar-refractivity contribution in [1.82, 2.24) is 0 Å². The van der Waals surface area contributed by atoms with E-state index in [0.717, 1.165) is 0 Å². The lowest BCUT2D eigenvalue weighted by atomic mass is 10.2. The molecular weight excluding hydrogens is 375 g/mol. The molecule has 0 aliphatic carbocycles. The van der Waals surface area contributed by atoms with Crippen LogP contribution < -0.4 is 4.90 Å². The highest BCUT2D eigenvalue weighted by Crippen LogP contribution is 2.25. The summed E-state index contributed by atoms with van der Waals surface area (Å²) in [5.74, 6) is 0. The third-order valence-corrected chi connectivity index (χ3v) is 3.38. The van der Waals surface area contributed by atoms with Crippen LogP contribution in [0.3, 0.4) is 0 Å². The fraction of sp³-hybridized carbons (Fsp3) is 0.188. The van der Waals surface area contributed by atoms with Gasteiger partial charge < -0.3 is 4.74 Å². The number of amides is 1. The van der Waals surface area contributed by atoms with Crippen molar-refractivity contribution in [2.45, 2.75) is 12.8 Å². The fourth-order valence-electron chi connectivity index (χ4n) is 1.88. The fourth-order valence-corrected chi connectivity index (χ4v) is 2.27. The number of rotatable bonds is 4. The average Bonchev–Trinajstić information content (AvgIpc) is 2.50. The smallest absolute Gasteiger partial charge is 0.414 e. The van der Waals surface area contributed by atoms with E-state index >= 15 is 0 Å². The van der Waals surface area contributed by atoms with Gasteiger partial charge in [-0.2, -0.15) is 13.2 Å². The normalized spacial score (nSPS) is 11.1. The molecule has 23 heavy (non-hydrogen) atoms. The second-order valence-corrected chi connectivity index (χ2v) is 5.64. The van der Waals surface area contributed by atoms with Crippen molar-refractivity contribution in [3.05, 3.63) is 64.6 Å². The Morgan fingerprint density at radius 3 is 2.39 bits per heavy atom. The van der Waals surface area contributed by atoms with Crippen LogP contribution in [-0.2, 0) is 11.3 Å². The van der Waals surface area contributed by atoms with Crippen LogP contribution in [0.5, 0.6) is 0 Å². The number of carbonyl (C=O) groups is 1. The molecule has 0 radical (unpaired) electrons. The highest BCUT2D eigenvalue weighted by atomic mass is 79.9. The molecule has 0 spiro atoms. The molecule has 0 unspecified atom stereocenters. The SMILES string of the molecule is O=C(OCc1ccccc1)N(CC(F)(F)F)c1cccc(Br)c1. The van der Waals surface area contributed by atoms with Gasteiger partial charge in [0.05, 0.1) is 0 Å². The number of hydrogen-bond donors (Lipinski definition) is 0. The predicted molar refractivity (Wildman–Crippen MR) is 84.2 cm³/mol. The lowest BCUT2D eigenvalue weighted by Gasteiger charge is -2.23. The summed E-state index contributed by atoms with van der Waals surface area (Å²) < 4.78 is 43.8. The van der Waals surface area contributed by atoms with Crippen LogP contribution in [0.1, 0.15) is 5.56 Å². The van der Waals surface area contributed by atoms with Crippen molar-refractivity contribution in [3.8, 4) is 0 Å². The quantitative estimate of drug-likeness (QED) is 0.725. The Bertz CT molecular complexity index is 662. The van der Waals surface area contributed by atoms with Gasteiger partial charge in [0.25, 0.3) is 0 Å². The van der Waals surface area contributed by atoms with Gasteiger partial charge in [0, 0.05) is 10.2 Å². The third kappa shape index (κ3) is 5.59. The molecular formula is C16H13BrF3NO2. The van der Waals surface area contributed by atoms with Gasteiger partial charge >= 0.3 is 12.3 Å². The van der Waals surface area contributed by atoms with E-state index in [4.69, 9.17) is 4.74 Å². The summed E-state index contributed by atoms with van der Waals surface area (Å²) in [6, 6.07) is 14.8. The molecule has 0 aromatic heterocycles. The lowest BCUT2D eigenvalue weighted by molar-refractivity contribution is -0.119. The number of halogens is 4. The number of anilines is 1. The van der Waals surface area contributed by atoms with Gasteiger partial charge in [-0.1, -0.05) is 52.3 Å². The van der Waals surface area contributed by atoms with Crippen LogP contribution in [0, 0.1) is 0 Å². The lowest BCUT2D eigenvalue weighted by Crippen LogP contribution is -2.39. The molecule has 0 bridgehead atoms. The average molecular weight is 388 g/mol. The molecule has 0 saturated heterocycles. The van der Waals surface area contributed by atoms with Crippen molar-refractivity contribution in [1.29, 1.82) is 0 Å². The van der Waals surface area contributed by atoms with Gasteiger partial charge in [-0.25, -0.2) is 4.79 Å². The minimum Gasteiger partial charge on any atom is -0.444 e. The summed E-state index contributed by atoms with van der Waals surface area (Å²) in [7, 11) is 0. The Balaban J connectivity index is 2.14. The predicted octanol–water partition coefficient (Wildman–Crippen LogP) is 5.15. The maximum absolute atomic E-state index is 12.8. The van der Waals surface area contributed by atoms with Gasteiger partial charge in [0.2, 0.25) is 0 Å². The largest absolute Gasteiger partial charge is 0.444 e. The van der Waals surface area contributed by atoms with Crippen LogP contribution >= 0.6 is 15.9 Å². The number of alkyl halides is 3. The van der Waals surface area contributed by atoms with Crippen LogP contribution in [0.15, 0.2) is 59.1 Å². The molecule has 0 saturated carbocycles. The van der Waals surface area contributed by atoms with E-state index in [1.165, 1.54) is 12.1 Å². The van der Waals surface area contributed by atoms with Crippen molar-refractivity contribution >= 4 is 27.7 Å². The second kappa shape index (κ2) is 7.50. The zero-order chi connectivity index (χ0) is 16.9. The van der Waals surface area contributed by atoms with Gasteiger partial charge in [-0.15, -0.1) is 0 Å². The van der Waals surface area contributed by atoms with Crippen LogP contribution in [0.2, 0.25) is 0 Å². The number of benzene rings is 2. The zero-order valence-corrected chi connectivity index (χ0v) is 13.5. The Morgan fingerprint density at radius 1 is 1.09 bits per heavy atom. The second-order valence-electron chi connectivity index (χ2n) is 4.72. The molecule has 0 aliphatic rings. The van der Waals surface area contributed by atoms with Crippen molar-refractivity contribution in [3.63, 3.8) is 0 Å². The molecule has 2 aromatic rings. The number of carbonyl (C=O) groups excluding carboxylic acids is 1. The first-order valence-electron chi connectivity index (χ1n) is 6.66. The van der Waals surface area contributed by atoms with Crippen LogP contribution in [-0.4, -0.2) is 18.8 Å². The molecule has 0 aliphatic heterocycles. The summed E-state index contributed by atoms with van der Waals surface area (Å²) in [6.07, 6.45) is -5.59. The summed E-state index contributed by atoms with van der Waals surface area (Å²) in [5, 5.41) is 0. The Morgan fingerprint density at radius 2 is 1.78 bits per heavy atom. The molecule has 2 aromatic carbocycles. The van der Waals surface area contributed by atoms with E-state index in [2.05, 4.69) is 15.9 Å². The molecule has 2 rings (SSSR count). The first-order valence-corrected chi connectivity index (χ1v) is 7.45. The van der Waals surface area contributed by atoms with Gasteiger partial charge in [-0.3, -0.25) is 4.90 Å². The topological polar surface area (TPSA) is 29.5 Å². The van der Waals surface area contributed by atoms with Crippen LogP contribution in [0.4, 0.5) is 23.7 Å². The molecule has 7 heteroatoms. The third-order valence-electron chi connectivity index (χ3n) is 2.88. The molecule has 0 heterocycles. The maximum atomic E-state index is 12.8.